The fourth-order valence-corrected chi connectivity index (χ4v) is 2.48. The lowest BCUT2D eigenvalue weighted by molar-refractivity contribution is 0.572. The largest absolute Gasteiger partial charge is 0.364 e. The molecule has 0 bridgehead atoms. The highest BCUT2D eigenvalue weighted by Gasteiger charge is 2.16. The van der Waals surface area contributed by atoms with Gasteiger partial charge in [0, 0.05) is 12.4 Å². The van der Waals surface area contributed by atoms with Gasteiger partial charge in [-0.3, -0.25) is 0 Å². The minimum absolute atomic E-state index is 0.0335. The molecule has 19 heavy (non-hydrogen) atoms. The van der Waals surface area contributed by atoms with Gasteiger partial charge in [0.25, 0.3) is 0 Å². The molecule has 1 heterocycles. The van der Waals surface area contributed by atoms with Crippen molar-refractivity contribution >= 4 is 17.0 Å². The fourth-order valence-electron chi connectivity index (χ4n) is 1.93. The minimum Gasteiger partial charge on any atom is -0.364 e. The molecule has 0 aliphatic rings. The summed E-state index contributed by atoms with van der Waals surface area (Å²) < 4.78 is 27.9. The SMILES string of the molecule is CN(Cc1cscn1)c1c(F)cc(CCN)cc1F. The molecule has 0 saturated carbocycles. The van der Waals surface area contributed by atoms with Crippen molar-refractivity contribution in [1.29, 1.82) is 0 Å². The maximum atomic E-state index is 14.0. The van der Waals surface area contributed by atoms with Gasteiger partial charge in [0.15, 0.2) is 0 Å². The van der Waals surface area contributed by atoms with Crippen molar-refractivity contribution in [1.82, 2.24) is 4.98 Å². The molecule has 0 amide bonds. The van der Waals surface area contributed by atoms with Crippen molar-refractivity contribution in [3.8, 4) is 0 Å². The predicted molar refractivity (Wildman–Crippen MR) is 73.3 cm³/mol. The van der Waals surface area contributed by atoms with Gasteiger partial charge in [-0.15, -0.1) is 11.3 Å². The van der Waals surface area contributed by atoms with E-state index in [0.717, 1.165) is 5.69 Å². The summed E-state index contributed by atoms with van der Waals surface area (Å²) >= 11 is 1.46. The molecule has 3 nitrogen and oxygen atoms in total. The van der Waals surface area contributed by atoms with Gasteiger partial charge in [-0.25, -0.2) is 13.8 Å². The van der Waals surface area contributed by atoms with Crippen LogP contribution in [-0.4, -0.2) is 18.6 Å². The van der Waals surface area contributed by atoms with Crippen LogP contribution in [0.4, 0.5) is 14.5 Å². The van der Waals surface area contributed by atoms with Crippen LogP contribution >= 0.6 is 11.3 Å². The molecule has 0 aliphatic carbocycles. The molecule has 0 fully saturated rings. The molecule has 0 aliphatic heterocycles. The zero-order valence-corrected chi connectivity index (χ0v) is 11.4. The average Bonchev–Trinajstić information content (AvgIpc) is 2.81. The van der Waals surface area contributed by atoms with E-state index in [1.807, 2.05) is 5.38 Å². The second-order valence-electron chi connectivity index (χ2n) is 4.28. The summed E-state index contributed by atoms with van der Waals surface area (Å²) in [6.07, 6.45) is 0.462. The van der Waals surface area contributed by atoms with Crippen LogP contribution in [0, 0.1) is 11.6 Å². The zero-order chi connectivity index (χ0) is 13.8. The van der Waals surface area contributed by atoms with Crippen molar-refractivity contribution in [3.63, 3.8) is 0 Å². The monoisotopic (exact) mass is 283 g/mol. The Kier molecular flexibility index (Phi) is 4.44. The highest BCUT2D eigenvalue weighted by molar-refractivity contribution is 7.07. The number of benzene rings is 1. The lowest BCUT2D eigenvalue weighted by Crippen LogP contribution is -2.20. The summed E-state index contributed by atoms with van der Waals surface area (Å²) in [6.45, 7) is 0.737. The molecule has 2 rings (SSSR count). The van der Waals surface area contributed by atoms with Crippen molar-refractivity contribution < 1.29 is 8.78 Å². The first-order valence-electron chi connectivity index (χ1n) is 5.88. The quantitative estimate of drug-likeness (QED) is 0.917. The second-order valence-corrected chi connectivity index (χ2v) is 5.00. The Labute approximate surface area is 114 Å². The Morgan fingerprint density at radius 3 is 2.53 bits per heavy atom. The molecule has 0 unspecified atom stereocenters. The van der Waals surface area contributed by atoms with Gasteiger partial charge in [-0.05, 0) is 30.7 Å². The van der Waals surface area contributed by atoms with Gasteiger partial charge in [0.2, 0.25) is 0 Å². The fraction of sp³-hybridized carbons (Fsp3) is 0.308. The van der Waals surface area contributed by atoms with Crippen LogP contribution in [0.3, 0.4) is 0 Å². The number of hydrogen-bond donors (Lipinski definition) is 1. The van der Waals surface area contributed by atoms with Crippen molar-refractivity contribution in [2.75, 3.05) is 18.5 Å². The lowest BCUT2D eigenvalue weighted by Gasteiger charge is -2.20. The van der Waals surface area contributed by atoms with Crippen LogP contribution in [0.1, 0.15) is 11.3 Å². The highest BCUT2D eigenvalue weighted by atomic mass is 32.1. The Morgan fingerprint density at radius 2 is 2.00 bits per heavy atom. The Bertz CT molecular complexity index is 520. The number of nitrogens with two attached hydrogens (primary N) is 1. The summed E-state index contributed by atoms with van der Waals surface area (Å²) in [6, 6.07) is 2.67. The zero-order valence-electron chi connectivity index (χ0n) is 10.6. The van der Waals surface area contributed by atoms with Crippen LogP contribution < -0.4 is 10.6 Å². The number of rotatable bonds is 5. The molecular formula is C13H15F2N3S. The van der Waals surface area contributed by atoms with Gasteiger partial charge in [-0.1, -0.05) is 0 Å². The van der Waals surface area contributed by atoms with Crippen LogP contribution in [0.5, 0.6) is 0 Å². The van der Waals surface area contributed by atoms with Crippen LogP contribution in [0.2, 0.25) is 0 Å². The maximum Gasteiger partial charge on any atom is 0.149 e. The Balaban J connectivity index is 2.23. The van der Waals surface area contributed by atoms with Gasteiger partial charge in [-0.2, -0.15) is 0 Å². The van der Waals surface area contributed by atoms with E-state index in [4.69, 9.17) is 5.73 Å². The van der Waals surface area contributed by atoms with E-state index >= 15 is 0 Å². The number of thiazole rings is 1. The van der Waals surface area contributed by atoms with E-state index in [1.54, 1.807) is 12.6 Å². The third-order valence-electron chi connectivity index (χ3n) is 2.77. The molecule has 0 radical (unpaired) electrons. The van der Waals surface area contributed by atoms with E-state index in [0.29, 0.717) is 25.1 Å². The number of hydrogen-bond acceptors (Lipinski definition) is 4. The number of aromatic nitrogens is 1. The first-order chi connectivity index (χ1) is 9.11. The minimum atomic E-state index is -0.568. The van der Waals surface area contributed by atoms with Crippen LogP contribution in [-0.2, 0) is 13.0 Å². The Hall–Kier alpha value is -1.53. The topological polar surface area (TPSA) is 42.2 Å². The van der Waals surface area contributed by atoms with Gasteiger partial charge in [0.05, 0.1) is 17.7 Å². The average molecular weight is 283 g/mol. The van der Waals surface area contributed by atoms with Crippen molar-refractivity contribution in [2.24, 2.45) is 5.73 Å². The van der Waals surface area contributed by atoms with E-state index in [9.17, 15) is 8.78 Å². The number of halogens is 2. The molecule has 102 valence electrons. The summed E-state index contributed by atoms with van der Waals surface area (Å²) in [5, 5.41) is 1.86. The molecular weight excluding hydrogens is 268 g/mol. The summed E-state index contributed by atoms with van der Waals surface area (Å²) in [5.74, 6) is -1.14. The normalized spacial score (nSPS) is 10.7. The maximum absolute atomic E-state index is 14.0. The first-order valence-corrected chi connectivity index (χ1v) is 6.82. The van der Waals surface area contributed by atoms with E-state index in [-0.39, 0.29) is 5.69 Å². The molecule has 6 heteroatoms. The lowest BCUT2D eigenvalue weighted by atomic mass is 10.1. The molecule has 0 saturated heterocycles. The molecule has 0 spiro atoms. The summed E-state index contributed by atoms with van der Waals surface area (Å²) in [7, 11) is 1.64. The summed E-state index contributed by atoms with van der Waals surface area (Å²) in [4.78, 5) is 5.62. The first kappa shape index (κ1) is 13.9. The third-order valence-corrected chi connectivity index (χ3v) is 3.41. The number of anilines is 1. The van der Waals surface area contributed by atoms with Crippen LogP contribution in [0.15, 0.2) is 23.0 Å². The van der Waals surface area contributed by atoms with Crippen molar-refractivity contribution in [2.45, 2.75) is 13.0 Å². The molecule has 1 aromatic carbocycles. The molecule has 1 aromatic heterocycles. The van der Waals surface area contributed by atoms with Gasteiger partial charge < -0.3 is 10.6 Å². The standard InChI is InChI=1S/C13H15F2N3S/c1-18(6-10-7-19-8-17-10)13-11(14)4-9(2-3-16)5-12(13)15/h4-5,7-8H,2-3,6,16H2,1H3. The third kappa shape index (κ3) is 3.27. The predicted octanol–water partition coefficient (Wildman–Crippen LogP) is 2.56. The molecule has 0 atom stereocenters. The summed E-state index contributed by atoms with van der Waals surface area (Å²) in [5.41, 5.74) is 8.41. The van der Waals surface area contributed by atoms with Gasteiger partial charge >= 0.3 is 0 Å². The second kappa shape index (κ2) is 6.08. The highest BCUT2D eigenvalue weighted by Crippen LogP contribution is 2.25. The van der Waals surface area contributed by atoms with Gasteiger partial charge in [0.1, 0.15) is 17.3 Å². The smallest absolute Gasteiger partial charge is 0.149 e. The molecule has 2 N–H and O–H groups in total. The molecule has 2 aromatic rings. The van der Waals surface area contributed by atoms with E-state index < -0.39 is 11.6 Å². The Morgan fingerprint density at radius 1 is 1.32 bits per heavy atom. The number of nitrogens with zero attached hydrogens (tertiary/aromatic N) is 2. The van der Waals surface area contributed by atoms with E-state index in [2.05, 4.69) is 4.98 Å². The van der Waals surface area contributed by atoms with Crippen LogP contribution in [0.25, 0.3) is 0 Å². The van der Waals surface area contributed by atoms with E-state index in [1.165, 1.54) is 28.4 Å². The van der Waals surface area contributed by atoms with Crippen molar-refractivity contribution in [3.05, 3.63) is 45.9 Å².